The van der Waals surface area contributed by atoms with Gasteiger partial charge in [-0.15, -0.1) is 5.06 Å². The number of nitrogens with two attached hydrogens (primary N) is 1. The van der Waals surface area contributed by atoms with Gasteiger partial charge in [0.25, 0.3) is 11.8 Å². The van der Waals surface area contributed by atoms with Crippen LogP contribution in [0.2, 0.25) is 0 Å². The zero-order chi connectivity index (χ0) is 70.2. The summed E-state index contributed by atoms with van der Waals surface area (Å²) in [7, 11) is 0. The standard InChI is InChI=1S/C28H52N6O10S.C18H38N4O8.C14H19N3O5S/c29-34-31-6-8-38-10-12-40-14-16-42-18-20-44-22-21-43-19-17-41-15-13-39-11-9-37-7-5-30-26(35)4-2-1-3-25-27-24(23-45-25)32-28(36)33-27;19-1-3-23-5-7-25-9-11-27-13-15-29-17-18-30-16-14-28-12-10-26-8-6-24-4-2-21-22-20;18-10-5-6-11(19)17(10)22-12(20)4-2-1-3-9-13-8(7-23-9)15-14(21)16-13/h24-25,27H,1-23H2,(H,30,35)(H2,32,33,36);1-19H2;8-9,13H,1-7H2,(H2,15,16,21)/t24-,25-,27-;;8-,9-,13-/m0.0/s1. The van der Waals surface area contributed by atoms with Crippen LogP contribution in [0, 0.1) is 0 Å². The largest absolute Gasteiger partial charge is 0.379 e. The summed E-state index contributed by atoms with van der Waals surface area (Å²) in [5.41, 5.74) is 21.5. The fourth-order valence-corrected chi connectivity index (χ4v) is 12.4. The highest BCUT2D eigenvalue weighted by atomic mass is 32.2. The molecule has 5 aliphatic rings. The number of nitrogens with zero attached hydrogens (tertiary/aromatic N) is 7. The van der Waals surface area contributed by atoms with E-state index < -0.39 is 17.8 Å². The molecule has 6 atom stereocenters. The number of imide groups is 1. The van der Waals surface area contributed by atoms with E-state index >= 15 is 0 Å². The molecular weight excluding hydrogens is 1330 g/mol. The Morgan fingerprint density at radius 3 is 1.07 bits per heavy atom. The Morgan fingerprint density at radius 1 is 0.439 bits per heavy atom. The third kappa shape index (κ3) is 47.4. The van der Waals surface area contributed by atoms with E-state index in [9.17, 15) is 28.8 Å². The Kier molecular flexibility index (Phi) is 56.4. The van der Waals surface area contributed by atoms with Crippen LogP contribution >= 0.6 is 23.5 Å². The summed E-state index contributed by atoms with van der Waals surface area (Å²) >= 11 is 3.73. The summed E-state index contributed by atoms with van der Waals surface area (Å²) in [5, 5.41) is 22.8. The Bertz CT molecular complexity index is 2160. The molecule has 0 bridgehead atoms. The lowest BCUT2D eigenvalue weighted by molar-refractivity contribution is -0.197. The number of hydrogen-bond donors (Lipinski definition) is 6. The van der Waals surface area contributed by atoms with Crippen LogP contribution in [0.5, 0.6) is 0 Å². The molecule has 564 valence electrons. The molecule has 0 spiro atoms. The number of nitrogens with one attached hydrogen (secondary N) is 5. The van der Waals surface area contributed by atoms with Gasteiger partial charge in [-0.2, -0.15) is 23.5 Å². The van der Waals surface area contributed by atoms with Gasteiger partial charge in [0.1, 0.15) is 0 Å². The first-order valence-electron chi connectivity index (χ1n) is 33.8. The average molecular weight is 1440 g/mol. The number of thioether (sulfide) groups is 2. The molecule has 5 aliphatic heterocycles. The second-order valence-corrected chi connectivity index (χ2v) is 24.2. The molecule has 5 saturated heterocycles. The molecule has 5 heterocycles. The normalized spacial score (nSPS) is 18.9. The van der Waals surface area contributed by atoms with Crippen molar-refractivity contribution in [2.45, 2.75) is 98.9 Å². The van der Waals surface area contributed by atoms with Crippen molar-refractivity contribution in [3.63, 3.8) is 0 Å². The molecule has 7 amide bonds. The lowest BCUT2D eigenvalue weighted by Gasteiger charge is -2.16. The predicted molar refractivity (Wildman–Crippen MR) is 358 cm³/mol. The molecule has 98 heavy (non-hydrogen) atoms. The fourth-order valence-electron chi connectivity index (χ4n) is 9.35. The maximum Gasteiger partial charge on any atom is 0.333 e. The minimum atomic E-state index is -0.554. The van der Waals surface area contributed by atoms with Crippen LogP contribution in [-0.2, 0) is 99.8 Å². The van der Waals surface area contributed by atoms with E-state index in [0.29, 0.717) is 266 Å². The lowest BCUT2D eigenvalue weighted by atomic mass is 10.0. The van der Waals surface area contributed by atoms with Crippen LogP contribution in [-0.4, -0.2) is 325 Å². The van der Waals surface area contributed by atoms with Crippen LogP contribution in [0.25, 0.3) is 20.9 Å². The van der Waals surface area contributed by atoms with Crippen molar-refractivity contribution < 1.29 is 109 Å². The highest BCUT2D eigenvalue weighted by molar-refractivity contribution is 8.00. The number of ether oxygens (including phenoxy) is 16. The van der Waals surface area contributed by atoms with Crippen molar-refractivity contribution >= 4 is 59.3 Å². The number of rotatable bonds is 64. The third-order valence-electron chi connectivity index (χ3n) is 14.2. The van der Waals surface area contributed by atoms with Crippen molar-refractivity contribution in [2.75, 3.05) is 249 Å². The van der Waals surface area contributed by atoms with Gasteiger partial charge in [0.15, 0.2) is 0 Å². The zero-order valence-corrected chi connectivity index (χ0v) is 58.5. The van der Waals surface area contributed by atoms with E-state index in [1.54, 1.807) is 0 Å². The Morgan fingerprint density at radius 2 is 0.745 bits per heavy atom. The molecule has 38 heteroatoms. The number of amides is 7. The zero-order valence-electron chi connectivity index (χ0n) is 56.8. The van der Waals surface area contributed by atoms with Crippen LogP contribution in [0.1, 0.15) is 64.2 Å². The van der Waals surface area contributed by atoms with E-state index in [-0.39, 0.29) is 61.4 Å². The Labute approximate surface area is 582 Å². The summed E-state index contributed by atoms with van der Waals surface area (Å²) < 4.78 is 85.9. The molecule has 7 N–H and O–H groups in total. The summed E-state index contributed by atoms with van der Waals surface area (Å²) in [6.07, 6.45) is 6.08. The molecular formula is C60H109N13O23S2. The predicted octanol–water partition coefficient (Wildman–Crippen LogP) is 1.98. The second-order valence-electron chi connectivity index (χ2n) is 21.6. The SMILES string of the molecule is O=C1N[C@H]2[C@H](CS[C@H]2CCCCC(=O)ON2C(=O)CCC2=O)N1.[N-]=[N+]=NCCOCCOCCOCCOCCOCCOCCOCCOCCN.[N-]=[N+]=NCCOCCOCCOCCOCCOCCOCCOCCOCCNC(=O)CCCC[C@@H]1SC[C@@H]2NC(=O)N[C@@H]21. The molecule has 0 aromatic rings. The van der Waals surface area contributed by atoms with Gasteiger partial charge >= 0.3 is 18.0 Å². The topological polar surface area (TPSA) is 446 Å². The first-order chi connectivity index (χ1) is 48.2. The molecule has 0 saturated carbocycles. The maximum atomic E-state index is 12.0. The molecule has 0 aliphatic carbocycles. The fraction of sp³-hybridized carbons (Fsp3) is 0.900. The summed E-state index contributed by atoms with van der Waals surface area (Å²) in [4.78, 5) is 79.2. The second kappa shape index (κ2) is 63.2. The van der Waals surface area contributed by atoms with Gasteiger partial charge in [-0.3, -0.25) is 14.4 Å². The molecule has 5 rings (SSSR count). The van der Waals surface area contributed by atoms with Crippen LogP contribution < -0.4 is 32.3 Å². The number of fused-ring (bicyclic) bond motifs is 2. The van der Waals surface area contributed by atoms with Gasteiger partial charge in [-0.1, -0.05) is 23.1 Å². The number of urea groups is 2. The molecule has 0 unspecified atom stereocenters. The smallest absolute Gasteiger partial charge is 0.333 e. The number of unbranched alkanes of at least 4 members (excludes halogenated alkanes) is 2. The maximum absolute atomic E-state index is 12.0. The van der Waals surface area contributed by atoms with Gasteiger partial charge in [0, 0.05) is 83.7 Å². The van der Waals surface area contributed by atoms with Crippen molar-refractivity contribution in [3.05, 3.63) is 20.9 Å². The molecule has 0 aromatic carbocycles. The Balaban J connectivity index is 0.000000407. The van der Waals surface area contributed by atoms with Gasteiger partial charge in [0.2, 0.25) is 5.91 Å². The summed E-state index contributed by atoms with van der Waals surface area (Å²) in [6, 6.07) is 0.674. The average Bonchev–Trinajstić information content (AvgIpc) is 1.68. The van der Waals surface area contributed by atoms with Gasteiger partial charge in [-0.05, 0) is 36.7 Å². The minimum Gasteiger partial charge on any atom is -0.379 e. The van der Waals surface area contributed by atoms with Crippen molar-refractivity contribution in [3.8, 4) is 0 Å². The molecule has 36 nitrogen and oxygen atoms in total. The van der Waals surface area contributed by atoms with Crippen LogP contribution in [0.3, 0.4) is 0 Å². The molecule has 0 radical (unpaired) electrons. The van der Waals surface area contributed by atoms with Gasteiger partial charge in [0.05, 0.1) is 236 Å². The first-order valence-corrected chi connectivity index (χ1v) is 35.9. The van der Waals surface area contributed by atoms with Crippen LogP contribution in [0.4, 0.5) is 9.59 Å². The van der Waals surface area contributed by atoms with E-state index in [1.807, 2.05) is 23.5 Å². The summed E-state index contributed by atoms with van der Waals surface area (Å²) in [6.45, 7) is 17.3. The highest BCUT2D eigenvalue weighted by Gasteiger charge is 2.43. The lowest BCUT2D eigenvalue weighted by Crippen LogP contribution is -2.36. The van der Waals surface area contributed by atoms with Gasteiger partial charge in [-0.25, -0.2) is 14.4 Å². The van der Waals surface area contributed by atoms with Crippen LogP contribution in [0.15, 0.2) is 10.2 Å². The van der Waals surface area contributed by atoms with E-state index in [0.717, 1.165) is 43.6 Å². The minimum absolute atomic E-state index is 0.0419. The third-order valence-corrected chi connectivity index (χ3v) is 17.2. The van der Waals surface area contributed by atoms with Gasteiger partial charge < -0.3 is 113 Å². The van der Waals surface area contributed by atoms with Crippen molar-refractivity contribution in [2.24, 2.45) is 16.0 Å². The van der Waals surface area contributed by atoms with Crippen molar-refractivity contribution in [1.29, 1.82) is 0 Å². The number of hydroxylamine groups is 2. The monoisotopic (exact) mass is 1440 g/mol. The van der Waals surface area contributed by atoms with Crippen molar-refractivity contribution in [1.82, 2.24) is 31.6 Å². The van der Waals surface area contributed by atoms with E-state index in [1.165, 1.54) is 0 Å². The molecule has 0 aromatic heterocycles. The number of azide groups is 2. The Hall–Kier alpha value is -4.74. The number of carbonyl (C=O) groups is 6. The summed E-state index contributed by atoms with van der Waals surface area (Å²) in [5.74, 6) is 0.445. The number of hydrogen-bond acceptors (Lipinski definition) is 28. The first kappa shape index (κ1) is 87.5. The highest BCUT2D eigenvalue weighted by Crippen LogP contribution is 2.34. The number of carbonyl (C=O) groups excluding carboxylic acids is 6. The van der Waals surface area contributed by atoms with E-state index in [4.69, 9.17) is 97.4 Å². The molecule has 5 fully saturated rings. The van der Waals surface area contributed by atoms with E-state index in [2.05, 4.69) is 46.6 Å². The quantitative estimate of drug-likeness (QED) is 0.0127.